The summed E-state index contributed by atoms with van der Waals surface area (Å²) in [6, 6.07) is 1.40. The third-order valence-corrected chi connectivity index (χ3v) is 3.59. The Bertz CT molecular complexity index is 513. The van der Waals surface area contributed by atoms with Gasteiger partial charge in [0, 0.05) is 11.1 Å². The summed E-state index contributed by atoms with van der Waals surface area (Å²) in [6.45, 7) is 1.77. The summed E-state index contributed by atoms with van der Waals surface area (Å²) in [4.78, 5) is 11.6. The molecule has 1 aliphatic rings. The second-order valence-electron chi connectivity index (χ2n) is 4.80. The van der Waals surface area contributed by atoms with Gasteiger partial charge < -0.3 is 14.6 Å². The Hall–Kier alpha value is -1.62. The second-order valence-corrected chi connectivity index (χ2v) is 4.80. The van der Waals surface area contributed by atoms with Crippen molar-refractivity contribution in [1.82, 2.24) is 0 Å². The van der Waals surface area contributed by atoms with E-state index in [0.29, 0.717) is 17.7 Å². The number of carbonyl (C=O) groups is 1. The first-order valence-electron chi connectivity index (χ1n) is 6.83. The first kappa shape index (κ1) is 14.8. The van der Waals surface area contributed by atoms with Gasteiger partial charge in [0.05, 0.1) is 13.7 Å². The smallest absolute Gasteiger partial charge is 0.339 e. The molecule has 0 fully saturated rings. The van der Waals surface area contributed by atoms with Crippen molar-refractivity contribution >= 4 is 5.97 Å². The normalized spacial score (nSPS) is 15.4. The van der Waals surface area contributed by atoms with Gasteiger partial charge in [-0.1, -0.05) is 0 Å². The predicted octanol–water partition coefficient (Wildman–Crippen LogP) is 2.31. The zero-order chi connectivity index (χ0) is 14.7. The average Bonchev–Trinajstić information content (AvgIpc) is 2.47. The van der Waals surface area contributed by atoms with Crippen molar-refractivity contribution in [2.75, 3.05) is 13.7 Å². The number of fused-ring (bicyclic) bond motifs is 1. The molecule has 0 saturated heterocycles. The molecular formula is C15H19FO4. The van der Waals surface area contributed by atoms with Crippen molar-refractivity contribution in [3.8, 4) is 5.75 Å². The van der Waals surface area contributed by atoms with Gasteiger partial charge in [0.25, 0.3) is 0 Å². The van der Waals surface area contributed by atoms with Gasteiger partial charge in [-0.15, -0.1) is 0 Å². The summed E-state index contributed by atoms with van der Waals surface area (Å²) in [5.74, 6) is -0.829. The molecule has 0 spiro atoms. The van der Waals surface area contributed by atoms with E-state index < -0.39 is 17.9 Å². The van der Waals surface area contributed by atoms with E-state index in [9.17, 15) is 14.3 Å². The number of hydrogen-bond donors (Lipinski definition) is 1. The average molecular weight is 282 g/mol. The maximum Gasteiger partial charge on any atom is 0.339 e. The molecule has 1 aromatic carbocycles. The molecule has 0 saturated carbocycles. The zero-order valence-corrected chi connectivity index (χ0v) is 11.7. The van der Waals surface area contributed by atoms with Crippen LogP contribution in [-0.2, 0) is 22.4 Å². The van der Waals surface area contributed by atoms with Crippen LogP contribution in [0.3, 0.4) is 0 Å². The quantitative estimate of drug-likeness (QED) is 0.861. The van der Waals surface area contributed by atoms with E-state index in [4.69, 9.17) is 9.47 Å². The fourth-order valence-corrected chi connectivity index (χ4v) is 2.61. The number of hydrogen-bond acceptors (Lipinski definition) is 4. The molecule has 1 unspecified atom stereocenters. The van der Waals surface area contributed by atoms with E-state index in [-0.39, 0.29) is 12.2 Å². The Morgan fingerprint density at radius 2 is 2.05 bits per heavy atom. The van der Waals surface area contributed by atoms with E-state index in [1.165, 1.54) is 13.2 Å². The molecule has 1 aromatic rings. The summed E-state index contributed by atoms with van der Waals surface area (Å²) >= 11 is 0. The first-order valence-corrected chi connectivity index (χ1v) is 6.83. The summed E-state index contributed by atoms with van der Waals surface area (Å²) < 4.78 is 24.5. The fourth-order valence-electron chi connectivity index (χ4n) is 2.61. The van der Waals surface area contributed by atoms with Gasteiger partial charge in [-0.2, -0.15) is 0 Å². The van der Waals surface area contributed by atoms with Crippen LogP contribution in [0.2, 0.25) is 0 Å². The van der Waals surface area contributed by atoms with Crippen LogP contribution in [0.25, 0.3) is 0 Å². The molecular weight excluding hydrogens is 263 g/mol. The molecule has 20 heavy (non-hydrogen) atoms. The molecule has 0 heterocycles. The Balaban J connectivity index is 2.46. The summed E-state index contributed by atoms with van der Waals surface area (Å²) in [7, 11) is 1.50. The highest BCUT2D eigenvalue weighted by atomic mass is 19.1. The molecule has 0 radical (unpaired) electrons. The third-order valence-electron chi connectivity index (χ3n) is 3.59. The van der Waals surface area contributed by atoms with Crippen molar-refractivity contribution in [2.45, 2.75) is 38.7 Å². The van der Waals surface area contributed by atoms with Crippen LogP contribution in [0.1, 0.15) is 42.6 Å². The van der Waals surface area contributed by atoms with Crippen molar-refractivity contribution < 1.29 is 23.8 Å². The SMILES string of the molecule is CCOC(=O)C(O)c1cc(OC)c2c(c1F)CCCC2. The maximum atomic E-state index is 14.5. The van der Waals surface area contributed by atoms with Crippen LogP contribution < -0.4 is 4.74 Å². The molecule has 4 nitrogen and oxygen atoms in total. The highest BCUT2D eigenvalue weighted by molar-refractivity contribution is 5.76. The van der Waals surface area contributed by atoms with Crippen LogP contribution in [0.5, 0.6) is 5.75 Å². The predicted molar refractivity (Wildman–Crippen MR) is 71.2 cm³/mol. The van der Waals surface area contributed by atoms with E-state index in [0.717, 1.165) is 24.8 Å². The minimum absolute atomic E-state index is 0.0686. The van der Waals surface area contributed by atoms with Crippen LogP contribution in [0.4, 0.5) is 4.39 Å². The largest absolute Gasteiger partial charge is 0.496 e. The molecule has 110 valence electrons. The molecule has 0 bridgehead atoms. The maximum absolute atomic E-state index is 14.5. The molecule has 2 rings (SSSR count). The summed E-state index contributed by atoms with van der Waals surface area (Å²) in [6.07, 6.45) is 1.62. The number of benzene rings is 1. The topological polar surface area (TPSA) is 55.8 Å². The van der Waals surface area contributed by atoms with Crippen LogP contribution >= 0.6 is 0 Å². The second kappa shape index (κ2) is 6.22. The Kier molecular flexibility index (Phi) is 4.60. The number of esters is 1. The van der Waals surface area contributed by atoms with Crippen LogP contribution in [-0.4, -0.2) is 24.8 Å². The molecule has 0 aliphatic heterocycles. The Morgan fingerprint density at radius 3 is 2.65 bits per heavy atom. The van der Waals surface area contributed by atoms with Crippen LogP contribution in [0.15, 0.2) is 6.07 Å². The van der Waals surface area contributed by atoms with Crippen molar-refractivity contribution in [2.24, 2.45) is 0 Å². The number of halogens is 1. The summed E-state index contributed by atoms with van der Waals surface area (Å²) in [5, 5.41) is 9.95. The number of carbonyl (C=O) groups excluding carboxylic acids is 1. The highest BCUT2D eigenvalue weighted by Gasteiger charge is 2.28. The number of aliphatic hydroxyl groups is 1. The van der Waals surface area contributed by atoms with E-state index in [1.807, 2.05) is 0 Å². The zero-order valence-electron chi connectivity index (χ0n) is 11.7. The number of aliphatic hydroxyl groups excluding tert-OH is 1. The lowest BCUT2D eigenvalue weighted by Crippen LogP contribution is -2.19. The van der Waals surface area contributed by atoms with E-state index in [2.05, 4.69) is 0 Å². The highest BCUT2D eigenvalue weighted by Crippen LogP contribution is 2.36. The molecule has 0 amide bonds. The lowest BCUT2D eigenvalue weighted by molar-refractivity contribution is -0.153. The molecule has 5 heteroatoms. The first-order chi connectivity index (χ1) is 9.60. The number of ether oxygens (including phenoxy) is 2. The monoisotopic (exact) mass is 282 g/mol. The lowest BCUT2D eigenvalue weighted by Gasteiger charge is -2.22. The van der Waals surface area contributed by atoms with Gasteiger partial charge in [0.2, 0.25) is 0 Å². The van der Waals surface area contributed by atoms with Gasteiger partial charge in [-0.3, -0.25) is 0 Å². The number of methoxy groups -OCH3 is 1. The molecule has 1 atom stereocenters. The Labute approximate surface area is 117 Å². The molecule has 1 aliphatic carbocycles. The van der Waals surface area contributed by atoms with Gasteiger partial charge in [0.1, 0.15) is 11.6 Å². The lowest BCUT2D eigenvalue weighted by atomic mass is 9.88. The molecule has 1 N–H and O–H groups in total. The Morgan fingerprint density at radius 1 is 1.40 bits per heavy atom. The van der Waals surface area contributed by atoms with Crippen LogP contribution in [0, 0.1) is 5.82 Å². The standard InChI is InChI=1S/C15H19FO4/c1-3-20-15(18)14(17)11-8-12(19-2)9-6-4-5-7-10(9)13(11)16/h8,14,17H,3-7H2,1-2H3. The van der Waals surface area contributed by atoms with Crippen molar-refractivity contribution in [3.63, 3.8) is 0 Å². The summed E-state index contributed by atoms with van der Waals surface area (Å²) in [5.41, 5.74) is 1.32. The van der Waals surface area contributed by atoms with E-state index >= 15 is 0 Å². The van der Waals surface area contributed by atoms with Gasteiger partial charge in [-0.05, 0) is 44.2 Å². The van der Waals surface area contributed by atoms with E-state index in [1.54, 1.807) is 6.92 Å². The van der Waals surface area contributed by atoms with Gasteiger partial charge >= 0.3 is 5.97 Å². The van der Waals surface area contributed by atoms with Gasteiger partial charge in [0.15, 0.2) is 6.10 Å². The number of rotatable bonds is 4. The minimum atomic E-state index is -1.61. The third kappa shape index (κ3) is 2.63. The van der Waals surface area contributed by atoms with Gasteiger partial charge in [-0.25, -0.2) is 9.18 Å². The fraction of sp³-hybridized carbons (Fsp3) is 0.533. The van der Waals surface area contributed by atoms with Crippen molar-refractivity contribution in [1.29, 1.82) is 0 Å². The minimum Gasteiger partial charge on any atom is -0.496 e. The molecule has 0 aromatic heterocycles. The van der Waals surface area contributed by atoms with Crippen molar-refractivity contribution in [3.05, 3.63) is 28.6 Å².